The fourth-order valence-electron chi connectivity index (χ4n) is 12.7. The van der Waals surface area contributed by atoms with E-state index < -0.39 is 5.41 Å². The standard InChI is InChI=1S/C75H55N/c1-5-17-53(18-6-1)57-31-29-52(30-32-57)49-70(61-35-33-58(34-36-61)54-19-7-2-8-20-54)62-41-47-68-66-25-13-15-27-71(66)75(73(68)50-62)72-28-16-14-26-67(72)69-48-46-65(51-74(69)75)76(63-42-37-59(38-43-63)55-21-9-3-10-22-55)64-44-39-60(40-45-64)56-23-11-4-12-24-56/h1-23,25-48,50-51,56,70H,24,49H2. The first kappa shape index (κ1) is 45.3. The van der Waals surface area contributed by atoms with Gasteiger partial charge in [-0.2, -0.15) is 0 Å². The maximum atomic E-state index is 2.59. The van der Waals surface area contributed by atoms with Gasteiger partial charge in [-0.3, -0.25) is 0 Å². The van der Waals surface area contributed by atoms with Crippen LogP contribution >= 0.6 is 0 Å². The molecule has 0 aliphatic heterocycles. The fraction of sp³-hybridized carbons (Fsp3) is 0.0667. The lowest BCUT2D eigenvalue weighted by Gasteiger charge is -2.33. The van der Waals surface area contributed by atoms with Gasteiger partial charge in [0.1, 0.15) is 0 Å². The summed E-state index contributed by atoms with van der Waals surface area (Å²) >= 11 is 0. The van der Waals surface area contributed by atoms with E-state index in [9.17, 15) is 0 Å². The molecule has 0 amide bonds. The predicted molar refractivity (Wildman–Crippen MR) is 318 cm³/mol. The van der Waals surface area contributed by atoms with Gasteiger partial charge in [-0.25, -0.2) is 0 Å². The van der Waals surface area contributed by atoms with E-state index in [4.69, 9.17) is 0 Å². The molecule has 76 heavy (non-hydrogen) atoms. The summed E-state index contributed by atoms with van der Waals surface area (Å²) < 4.78 is 0. The van der Waals surface area contributed by atoms with Crippen molar-refractivity contribution >= 4 is 17.1 Å². The summed E-state index contributed by atoms with van der Waals surface area (Å²) in [5, 5.41) is 0. The van der Waals surface area contributed by atoms with Gasteiger partial charge in [-0.05, 0) is 149 Å². The van der Waals surface area contributed by atoms with Crippen molar-refractivity contribution in [3.8, 4) is 55.6 Å². The summed E-state index contributed by atoms with van der Waals surface area (Å²) in [6.45, 7) is 0. The van der Waals surface area contributed by atoms with Crippen LogP contribution in [0.15, 0.2) is 297 Å². The molecule has 0 heterocycles. The molecule has 0 bridgehead atoms. The van der Waals surface area contributed by atoms with Crippen molar-refractivity contribution in [2.75, 3.05) is 4.90 Å². The SMILES string of the molecule is C1=CCC(c2ccc(N(c3ccc(-c4ccccc4)cc3)c3ccc4c(c3)C3(c5ccccc5-c5ccc(C(Cc6ccc(-c7ccccc7)cc6)c6ccc(-c7ccccc7)cc6)cc53)c3ccccc3-4)cc2)C=C1. The predicted octanol–water partition coefficient (Wildman–Crippen LogP) is 19.5. The molecule has 1 nitrogen and oxygen atoms in total. The highest BCUT2D eigenvalue weighted by molar-refractivity contribution is 5.96. The van der Waals surface area contributed by atoms with Gasteiger partial charge < -0.3 is 4.90 Å². The molecule has 1 heteroatoms. The van der Waals surface area contributed by atoms with E-state index >= 15 is 0 Å². The van der Waals surface area contributed by atoms with Crippen molar-refractivity contribution in [2.24, 2.45) is 0 Å². The topological polar surface area (TPSA) is 3.24 Å². The second kappa shape index (κ2) is 19.2. The van der Waals surface area contributed by atoms with Crippen LogP contribution in [0, 0.1) is 0 Å². The lowest BCUT2D eigenvalue weighted by atomic mass is 9.69. The second-order valence-electron chi connectivity index (χ2n) is 20.7. The molecule has 14 rings (SSSR count). The Balaban J connectivity index is 0.932. The Labute approximate surface area is 447 Å². The van der Waals surface area contributed by atoms with Gasteiger partial charge in [0.15, 0.2) is 0 Å². The Morgan fingerprint density at radius 3 is 1.34 bits per heavy atom. The van der Waals surface area contributed by atoms with Crippen molar-refractivity contribution in [3.63, 3.8) is 0 Å². The monoisotopic (exact) mass is 969 g/mol. The Morgan fingerprint density at radius 1 is 0.355 bits per heavy atom. The molecule has 11 aromatic rings. The lowest BCUT2D eigenvalue weighted by molar-refractivity contribution is 0.773. The van der Waals surface area contributed by atoms with Crippen LogP contribution in [-0.2, 0) is 11.8 Å². The highest BCUT2D eigenvalue weighted by atomic mass is 15.1. The Kier molecular flexibility index (Phi) is 11.4. The Morgan fingerprint density at radius 2 is 0.789 bits per heavy atom. The number of fused-ring (bicyclic) bond motifs is 10. The van der Waals surface area contributed by atoms with E-state index in [1.165, 1.54) is 100 Å². The zero-order valence-electron chi connectivity index (χ0n) is 42.3. The lowest BCUT2D eigenvalue weighted by Crippen LogP contribution is -2.26. The average molecular weight is 970 g/mol. The highest BCUT2D eigenvalue weighted by Crippen LogP contribution is 2.64. The quantitative estimate of drug-likeness (QED) is 0.125. The number of hydrogen-bond acceptors (Lipinski definition) is 1. The van der Waals surface area contributed by atoms with Gasteiger partial charge in [0.25, 0.3) is 0 Å². The smallest absolute Gasteiger partial charge is 0.0726 e. The van der Waals surface area contributed by atoms with E-state index in [0.29, 0.717) is 5.92 Å². The summed E-state index contributed by atoms with van der Waals surface area (Å²) in [7, 11) is 0. The van der Waals surface area contributed by atoms with Crippen LogP contribution in [0.4, 0.5) is 17.1 Å². The first-order valence-electron chi connectivity index (χ1n) is 26.8. The summed E-state index contributed by atoms with van der Waals surface area (Å²) in [6, 6.07) is 102. The first-order chi connectivity index (χ1) is 37.7. The number of allylic oxidation sites excluding steroid dienone is 4. The van der Waals surface area contributed by atoms with Crippen molar-refractivity contribution < 1.29 is 0 Å². The molecule has 0 aromatic heterocycles. The van der Waals surface area contributed by atoms with Gasteiger partial charge in [-0.15, -0.1) is 0 Å². The Hall–Kier alpha value is -9.30. The second-order valence-corrected chi connectivity index (χ2v) is 20.7. The van der Waals surface area contributed by atoms with E-state index in [0.717, 1.165) is 29.9 Å². The van der Waals surface area contributed by atoms with Gasteiger partial charge >= 0.3 is 0 Å². The fourth-order valence-corrected chi connectivity index (χ4v) is 12.7. The number of nitrogens with zero attached hydrogens (tertiary/aromatic N) is 1. The van der Waals surface area contributed by atoms with Gasteiger partial charge in [-0.1, -0.05) is 261 Å². The van der Waals surface area contributed by atoms with Crippen molar-refractivity contribution in [1.82, 2.24) is 0 Å². The molecule has 0 radical (unpaired) electrons. The zero-order chi connectivity index (χ0) is 50.4. The third-order valence-electron chi connectivity index (χ3n) is 16.5. The minimum absolute atomic E-state index is 0.0957. The van der Waals surface area contributed by atoms with Crippen LogP contribution < -0.4 is 4.90 Å². The largest absolute Gasteiger partial charge is 0.310 e. The molecule has 3 atom stereocenters. The molecule has 1 spiro atoms. The molecule has 0 fully saturated rings. The highest BCUT2D eigenvalue weighted by Gasteiger charge is 2.52. The summed E-state index contributed by atoms with van der Waals surface area (Å²) in [4.78, 5) is 2.46. The molecule has 0 saturated carbocycles. The Bertz CT molecular complexity index is 3930. The van der Waals surface area contributed by atoms with Crippen LogP contribution in [0.2, 0.25) is 0 Å². The maximum Gasteiger partial charge on any atom is 0.0726 e. The number of benzene rings is 11. The number of rotatable bonds is 11. The minimum Gasteiger partial charge on any atom is -0.310 e. The molecule has 3 aliphatic rings. The molecule has 0 N–H and O–H groups in total. The first-order valence-corrected chi connectivity index (χ1v) is 26.8. The average Bonchev–Trinajstić information content (AvgIpc) is 4.12. The van der Waals surface area contributed by atoms with Crippen LogP contribution in [0.5, 0.6) is 0 Å². The molecule has 3 unspecified atom stereocenters. The van der Waals surface area contributed by atoms with Crippen molar-refractivity contribution in [3.05, 3.63) is 342 Å². The third kappa shape index (κ3) is 7.87. The van der Waals surface area contributed by atoms with Crippen molar-refractivity contribution in [2.45, 2.75) is 30.1 Å². The molecular weight excluding hydrogens is 915 g/mol. The number of hydrogen-bond donors (Lipinski definition) is 0. The minimum atomic E-state index is -0.559. The molecule has 360 valence electrons. The van der Waals surface area contributed by atoms with Gasteiger partial charge in [0, 0.05) is 28.9 Å². The third-order valence-corrected chi connectivity index (χ3v) is 16.5. The van der Waals surface area contributed by atoms with Gasteiger partial charge in [0.2, 0.25) is 0 Å². The molecule has 11 aromatic carbocycles. The van der Waals surface area contributed by atoms with Gasteiger partial charge in [0.05, 0.1) is 5.41 Å². The summed E-state index contributed by atoms with van der Waals surface area (Å²) in [5.41, 5.74) is 25.9. The molecule has 3 aliphatic carbocycles. The normalized spacial score (nSPS) is 15.9. The summed E-state index contributed by atoms with van der Waals surface area (Å²) in [6.07, 6.45) is 10.8. The van der Waals surface area contributed by atoms with Crippen LogP contribution in [-0.4, -0.2) is 0 Å². The van der Waals surface area contributed by atoms with Crippen LogP contribution in [0.3, 0.4) is 0 Å². The van der Waals surface area contributed by atoms with E-state index in [1.54, 1.807) is 0 Å². The molecule has 0 saturated heterocycles. The van der Waals surface area contributed by atoms with Crippen molar-refractivity contribution in [1.29, 1.82) is 0 Å². The van der Waals surface area contributed by atoms with E-state index in [2.05, 4.69) is 302 Å². The maximum absolute atomic E-state index is 2.59. The van der Waals surface area contributed by atoms with Crippen LogP contribution in [0.1, 0.15) is 62.8 Å². The van der Waals surface area contributed by atoms with E-state index in [-0.39, 0.29) is 5.92 Å². The molecular formula is C75H55N. The van der Waals surface area contributed by atoms with Crippen LogP contribution in [0.25, 0.3) is 55.6 Å². The zero-order valence-corrected chi connectivity index (χ0v) is 42.3. The summed E-state index contributed by atoms with van der Waals surface area (Å²) in [5.74, 6) is 0.468. The van der Waals surface area contributed by atoms with E-state index in [1.807, 2.05) is 0 Å². The number of anilines is 3.